The fourth-order valence-electron chi connectivity index (χ4n) is 2.76. The van der Waals surface area contributed by atoms with E-state index in [4.69, 9.17) is 16.3 Å². The molecule has 12 heteroatoms. The second kappa shape index (κ2) is 8.40. The number of fused-ring (bicyclic) bond motifs is 1. The van der Waals surface area contributed by atoms with Gasteiger partial charge in [-0.15, -0.1) is 0 Å². The number of hydrogen-bond donors (Lipinski definition) is 2. The molecule has 2 N–H and O–H groups in total. The van der Waals surface area contributed by atoms with Crippen molar-refractivity contribution < 1.29 is 22.3 Å². The molecule has 3 aromatic rings. The normalized spacial score (nSPS) is 12.2. The molecule has 0 bridgehead atoms. The van der Waals surface area contributed by atoms with Crippen LogP contribution in [0.25, 0.3) is 5.65 Å². The Morgan fingerprint density at radius 1 is 1.29 bits per heavy atom. The first-order valence-electron chi connectivity index (χ1n) is 9.23. The highest BCUT2D eigenvalue weighted by atomic mass is 35.5. The Morgan fingerprint density at radius 2 is 2.00 bits per heavy atom. The van der Waals surface area contributed by atoms with Crippen molar-refractivity contribution in [1.29, 1.82) is 0 Å². The van der Waals surface area contributed by atoms with Crippen molar-refractivity contribution in [3.05, 3.63) is 47.0 Å². The summed E-state index contributed by atoms with van der Waals surface area (Å²) in [5.74, 6) is -1.41. The largest absolute Gasteiger partial charge is 0.462 e. The van der Waals surface area contributed by atoms with Gasteiger partial charge < -0.3 is 10.1 Å². The maximum atomic E-state index is 14.3. The average molecular weight is 470 g/mol. The molecule has 0 saturated carbocycles. The van der Waals surface area contributed by atoms with Crippen LogP contribution in [0.4, 0.5) is 15.9 Å². The number of nitrogens with one attached hydrogen (secondary N) is 2. The van der Waals surface area contributed by atoms with Crippen LogP contribution >= 0.6 is 11.6 Å². The van der Waals surface area contributed by atoms with Crippen molar-refractivity contribution in [3.63, 3.8) is 0 Å². The van der Waals surface area contributed by atoms with Crippen LogP contribution < -0.4 is 10.0 Å². The van der Waals surface area contributed by atoms with E-state index in [0.29, 0.717) is 0 Å². The van der Waals surface area contributed by atoms with E-state index in [0.717, 1.165) is 23.0 Å². The molecule has 0 spiro atoms. The number of halogens is 2. The molecule has 31 heavy (non-hydrogen) atoms. The lowest BCUT2D eigenvalue weighted by atomic mass is 10.1. The number of hydrogen-bond acceptors (Lipinski definition) is 7. The van der Waals surface area contributed by atoms with Gasteiger partial charge in [-0.25, -0.2) is 27.3 Å². The fourth-order valence-corrected chi connectivity index (χ4v) is 4.41. The lowest BCUT2D eigenvalue weighted by molar-refractivity contribution is 0.0526. The average Bonchev–Trinajstić information content (AvgIpc) is 3.08. The van der Waals surface area contributed by atoms with Crippen molar-refractivity contribution in [1.82, 2.24) is 19.3 Å². The zero-order valence-corrected chi connectivity index (χ0v) is 18.8. The van der Waals surface area contributed by atoms with Crippen LogP contribution in [-0.2, 0) is 14.8 Å². The summed E-state index contributed by atoms with van der Waals surface area (Å²) in [6.45, 7) is 6.80. The Bertz CT molecular complexity index is 1250. The summed E-state index contributed by atoms with van der Waals surface area (Å²) in [5, 5.41) is 7.09. The molecule has 0 aliphatic rings. The van der Waals surface area contributed by atoms with E-state index in [9.17, 15) is 17.6 Å². The van der Waals surface area contributed by atoms with Crippen LogP contribution in [0.2, 0.25) is 5.02 Å². The van der Waals surface area contributed by atoms with Gasteiger partial charge in [0.05, 0.1) is 18.5 Å². The van der Waals surface area contributed by atoms with Gasteiger partial charge in [0.1, 0.15) is 16.3 Å². The third-order valence-corrected chi connectivity index (χ3v) is 5.88. The molecule has 0 fully saturated rings. The Balaban J connectivity index is 2.21. The summed E-state index contributed by atoms with van der Waals surface area (Å²) >= 11 is 5.96. The van der Waals surface area contributed by atoms with Gasteiger partial charge in [-0.3, -0.25) is 0 Å². The Labute approximate surface area is 183 Å². The van der Waals surface area contributed by atoms with E-state index in [1.807, 2.05) is 0 Å². The molecule has 0 amide bonds. The van der Waals surface area contributed by atoms with Gasteiger partial charge in [0, 0.05) is 16.8 Å². The summed E-state index contributed by atoms with van der Waals surface area (Å²) in [6, 6.07) is 3.84. The molecule has 2 aromatic heterocycles. The Morgan fingerprint density at radius 3 is 2.65 bits per heavy atom. The van der Waals surface area contributed by atoms with Crippen LogP contribution in [0.3, 0.4) is 0 Å². The summed E-state index contributed by atoms with van der Waals surface area (Å²) in [5.41, 5.74) is -0.916. The van der Waals surface area contributed by atoms with Gasteiger partial charge in [-0.1, -0.05) is 11.6 Å². The van der Waals surface area contributed by atoms with Gasteiger partial charge >= 0.3 is 5.97 Å². The second-order valence-electron chi connectivity index (χ2n) is 7.59. The minimum absolute atomic E-state index is 0.0261. The highest BCUT2D eigenvalue weighted by Gasteiger charge is 2.28. The van der Waals surface area contributed by atoms with Crippen LogP contribution in [0.1, 0.15) is 38.1 Å². The monoisotopic (exact) mass is 469 g/mol. The first-order chi connectivity index (χ1) is 14.4. The third-order valence-electron chi connectivity index (χ3n) is 3.90. The molecule has 166 valence electrons. The van der Waals surface area contributed by atoms with E-state index in [-0.39, 0.29) is 39.2 Å². The molecule has 0 atom stereocenters. The maximum absolute atomic E-state index is 14.3. The molecule has 0 aliphatic heterocycles. The molecule has 0 radical (unpaired) electrons. The summed E-state index contributed by atoms with van der Waals surface area (Å²) < 4.78 is 48.6. The van der Waals surface area contributed by atoms with Gasteiger partial charge in [0.25, 0.3) is 0 Å². The third kappa shape index (κ3) is 4.94. The summed E-state index contributed by atoms with van der Waals surface area (Å²) in [7, 11) is -3.98. The number of benzene rings is 1. The van der Waals surface area contributed by atoms with Gasteiger partial charge in [0.2, 0.25) is 10.0 Å². The topological polar surface area (TPSA) is 115 Å². The highest BCUT2D eigenvalue weighted by Crippen LogP contribution is 2.28. The maximum Gasteiger partial charge on any atom is 0.343 e. The van der Waals surface area contributed by atoms with Crippen LogP contribution in [0.15, 0.2) is 35.5 Å². The molecule has 3 rings (SSSR count). The quantitative estimate of drug-likeness (QED) is 0.531. The minimum atomic E-state index is -3.98. The van der Waals surface area contributed by atoms with E-state index >= 15 is 0 Å². The first-order valence-corrected chi connectivity index (χ1v) is 11.1. The van der Waals surface area contributed by atoms with E-state index in [1.165, 1.54) is 12.1 Å². The van der Waals surface area contributed by atoms with Crippen molar-refractivity contribution in [2.75, 3.05) is 11.9 Å². The zero-order chi connectivity index (χ0) is 23.0. The number of aromatic nitrogens is 3. The van der Waals surface area contributed by atoms with Gasteiger partial charge in [-0.2, -0.15) is 9.61 Å². The molecule has 0 saturated heterocycles. The minimum Gasteiger partial charge on any atom is -0.462 e. The highest BCUT2D eigenvalue weighted by molar-refractivity contribution is 7.89. The SMILES string of the molecule is CCOC(=O)c1cnc2c(S(=O)(=O)NC(C)(C)C)cnn2c1Nc1cc(Cl)ccc1F. The number of carbonyl (C=O) groups is 1. The number of esters is 1. The summed E-state index contributed by atoms with van der Waals surface area (Å²) in [4.78, 5) is 16.4. The van der Waals surface area contributed by atoms with Crippen molar-refractivity contribution in [2.24, 2.45) is 0 Å². The van der Waals surface area contributed by atoms with Crippen molar-refractivity contribution >= 4 is 44.7 Å². The number of sulfonamides is 1. The summed E-state index contributed by atoms with van der Waals surface area (Å²) in [6.07, 6.45) is 2.25. The number of anilines is 2. The predicted molar refractivity (Wildman–Crippen MR) is 114 cm³/mol. The molecule has 0 aliphatic carbocycles. The lowest BCUT2D eigenvalue weighted by Gasteiger charge is -2.19. The Hall–Kier alpha value is -2.76. The standard InChI is InChI=1S/C19H21ClFN5O4S/c1-5-30-18(27)12-9-22-17-15(31(28,29)25-19(2,3)4)10-23-26(17)16(12)24-14-8-11(20)6-7-13(14)21/h6-10,24-25H,5H2,1-4H3. The molecule has 2 heterocycles. The lowest BCUT2D eigenvalue weighted by Crippen LogP contribution is -2.40. The van der Waals surface area contributed by atoms with Crippen LogP contribution in [0, 0.1) is 5.82 Å². The number of ether oxygens (including phenoxy) is 1. The van der Waals surface area contributed by atoms with Gasteiger partial charge in [0.15, 0.2) is 11.5 Å². The molecular weight excluding hydrogens is 449 g/mol. The number of carbonyl (C=O) groups excluding carboxylic acids is 1. The molecule has 9 nitrogen and oxygen atoms in total. The first kappa shape index (κ1) is 22.9. The van der Waals surface area contributed by atoms with E-state index in [2.05, 4.69) is 20.1 Å². The molecular formula is C19H21ClFN5O4S. The van der Waals surface area contributed by atoms with Crippen LogP contribution in [-0.4, -0.2) is 41.1 Å². The van der Waals surface area contributed by atoms with E-state index in [1.54, 1.807) is 27.7 Å². The smallest absolute Gasteiger partial charge is 0.343 e. The fraction of sp³-hybridized carbons (Fsp3) is 0.316. The molecule has 1 aromatic carbocycles. The van der Waals surface area contributed by atoms with Crippen molar-refractivity contribution in [3.8, 4) is 0 Å². The van der Waals surface area contributed by atoms with Crippen molar-refractivity contribution in [2.45, 2.75) is 38.1 Å². The molecule has 0 unspecified atom stereocenters. The van der Waals surface area contributed by atoms with Gasteiger partial charge in [-0.05, 0) is 45.9 Å². The van der Waals surface area contributed by atoms with Crippen LogP contribution in [0.5, 0.6) is 0 Å². The zero-order valence-electron chi connectivity index (χ0n) is 17.2. The number of rotatable bonds is 6. The number of nitrogens with zero attached hydrogens (tertiary/aromatic N) is 3. The van der Waals surface area contributed by atoms with E-state index < -0.39 is 27.3 Å². The Kier molecular flexibility index (Phi) is 6.21. The second-order valence-corrected chi connectivity index (χ2v) is 9.68. The predicted octanol–water partition coefficient (Wildman–Crippen LogP) is 3.52.